The average Bonchev–Trinajstić information content (AvgIpc) is 3.77. The van der Waals surface area contributed by atoms with Gasteiger partial charge in [-0.25, -0.2) is 4.98 Å². The van der Waals surface area contributed by atoms with Gasteiger partial charge in [-0.05, 0) is 81.2 Å². The van der Waals surface area contributed by atoms with Gasteiger partial charge in [0, 0.05) is 33.0 Å². The van der Waals surface area contributed by atoms with Gasteiger partial charge in [0.1, 0.15) is 11.2 Å². The van der Waals surface area contributed by atoms with Crippen molar-refractivity contribution in [2.45, 2.75) is 0 Å². The molecule has 0 saturated heterocycles. The molecule has 0 aliphatic rings. The Morgan fingerprint density at radius 3 is 1.90 bits per heavy atom. The quantitative estimate of drug-likeness (QED) is 0.176. The molecular formula is C49H30N2O. The maximum absolute atomic E-state index is 7.06. The van der Waals surface area contributed by atoms with Gasteiger partial charge in [0.15, 0.2) is 0 Å². The molecule has 3 heterocycles. The second-order valence-corrected chi connectivity index (χ2v) is 13.5. The molecule has 0 atom stereocenters. The van der Waals surface area contributed by atoms with Crippen LogP contribution in [0, 0.1) is 0 Å². The molecule has 242 valence electrons. The van der Waals surface area contributed by atoms with Gasteiger partial charge in [-0.1, -0.05) is 133 Å². The number of pyridine rings is 1. The van der Waals surface area contributed by atoms with E-state index in [4.69, 9.17) is 9.40 Å². The molecule has 0 spiro atoms. The summed E-state index contributed by atoms with van der Waals surface area (Å²) in [5.41, 5.74) is 11.3. The topological polar surface area (TPSA) is 31.0 Å². The Morgan fingerprint density at radius 1 is 0.385 bits per heavy atom. The number of benzene rings is 8. The molecule has 0 N–H and O–H groups in total. The van der Waals surface area contributed by atoms with Crippen LogP contribution in [0.3, 0.4) is 0 Å². The Morgan fingerprint density at radius 2 is 1.04 bits per heavy atom. The summed E-state index contributed by atoms with van der Waals surface area (Å²) in [5.74, 6) is 0. The molecule has 3 aromatic heterocycles. The van der Waals surface area contributed by atoms with E-state index in [1.165, 1.54) is 21.5 Å². The Kier molecular flexibility index (Phi) is 6.25. The van der Waals surface area contributed by atoms with Gasteiger partial charge < -0.3 is 8.98 Å². The molecule has 0 fully saturated rings. The molecule has 0 aliphatic carbocycles. The first-order valence-corrected chi connectivity index (χ1v) is 17.7. The monoisotopic (exact) mass is 662 g/mol. The lowest BCUT2D eigenvalue weighted by atomic mass is 9.99. The van der Waals surface area contributed by atoms with Crippen molar-refractivity contribution in [3.8, 4) is 39.3 Å². The van der Waals surface area contributed by atoms with E-state index in [-0.39, 0.29) is 0 Å². The van der Waals surface area contributed by atoms with E-state index in [1.807, 2.05) is 6.07 Å². The summed E-state index contributed by atoms with van der Waals surface area (Å²) in [5, 5.41) is 9.46. The zero-order chi connectivity index (χ0) is 34.2. The fourth-order valence-electron chi connectivity index (χ4n) is 8.15. The maximum atomic E-state index is 7.06. The number of fused-ring (bicyclic) bond motifs is 10. The van der Waals surface area contributed by atoms with Crippen molar-refractivity contribution >= 4 is 65.3 Å². The number of para-hydroxylation sites is 2. The van der Waals surface area contributed by atoms with Crippen molar-refractivity contribution < 1.29 is 4.42 Å². The second kappa shape index (κ2) is 11.3. The molecule has 0 amide bonds. The summed E-state index contributed by atoms with van der Waals surface area (Å²) in [7, 11) is 0. The summed E-state index contributed by atoms with van der Waals surface area (Å²) in [6.07, 6.45) is 0. The third kappa shape index (κ3) is 4.36. The van der Waals surface area contributed by atoms with Crippen molar-refractivity contribution in [3.63, 3.8) is 0 Å². The number of aromatic nitrogens is 2. The van der Waals surface area contributed by atoms with Crippen molar-refractivity contribution in [1.29, 1.82) is 0 Å². The molecule has 11 aromatic rings. The van der Waals surface area contributed by atoms with Crippen LogP contribution < -0.4 is 0 Å². The molecule has 3 nitrogen and oxygen atoms in total. The average molecular weight is 663 g/mol. The van der Waals surface area contributed by atoms with E-state index in [9.17, 15) is 0 Å². The van der Waals surface area contributed by atoms with Crippen molar-refractivity contribution in [3.05, 3.63) is 182 Å². The lowest BCUT2D eigenvalue weighted by molar-refractivity contribution is 0.674. The van der Waals surface area contributed by atoms with Gasteiger partial charge in [0.25, 0.3) is 0 Å². The fraction of sp³-hybridized carbons (Fsp3) is 0. The zero-order valence-corrected chi connectivity index (χ0v) is 28.1. The van der Waals surface area contributed by atoms with Gasteiger partial charge >= 0.3 is 0 Å². The fourth-order valence-corrected chi connectivity index (χ4v) is 8.15. The summed E-state index contributed by atoms with van der Waals surface area (Å²) < 4.78 is 9.44. The third-order valence-electron chi connectivity index (χ3n) is 10.6. The molecule has 0 unspecified atom stereocenters. The van der Waals surface area contributed by atoms with Crippen molar-refractivity contribution in [2.75, 3.05) is 0 Å². The van der Waals surface area contributed by atoms with Crippen LogP contribution in [0.4, 0.5) is 0 Å². The third-order valence-corrected chi connectivity index (χ3v) is 10.6. The van der Waals surface area contributed by atoms with Crippen LogP contribution >= 0.6 is 0 Å². The van der Waals surface area contributed by atoms with E-state index >= 15 is 0 Å². The smallest absolute Gasteiger partial charge is 0.145 e. The van der Waals surface area contributed by atoms with E-state index in [0.29, 0.717) is 0 Å². The standard InChI is InChI=1S/C49H30N2O/c1-3-12-31(13-4-1)35-29-43(33-15-5-2-6-16-33)50-44(30-35)41-20-11-19-39-40-26-27-46-47(49(40)52-48(39)41)42-18-9-10-21-45(42)51(46)36-24-25-38-34(28-36)23-22-32-14-7-8-17-37(32)38/h1-30H. The molecule has 8 aromatic carbocycles. The second-order valence-electron chi connectivity index (χ2n) is 13.5. The van der Waals surface area contributed by atoms with Gasteiger partial charge in [-0.15, -0.1) is 0 Å². The van der Waals surface area contributed by atoms with E-state index in [0.717, 1.165) is 83.1 Å². The van der Waals surface area contributed by atoms with Crippen LogP contribution in [-0.2, 0) is 0 Å². The first-order chi connectivity index (χ1) is 25.8. The zero-order valence-electron chi connectivity index (χ0n) is 28.1. The summed E-state index contributed by atoms with van der Waals surface area (Å²) in [4.78, 5) is 5.26. The van der Waals surface area contributed by atoms with E-state index < -0.39 is 0 Å². The van der Waals surface area contributed by atoms with Crippen LogP contribution in [0.25, 0.3) is 105 Å². The Balaban J connectivity index is 1.15. The molecule has 11 rings (SSSR count). The number of hydrogen-bond donors (Lipinski definition) is 0. The minimum absolute atomic E-state index is 0.844. The van der Waals surface area contributed by atoms with Gasteiger partial charge in [0.05, 0.1) is 27.8 Å². The van der Waals surface area contributed by atoms with Crippen molar-refractivity contribution in [1.82, 2.24) is 9.55 Å². The molecular weight excluding hydrogens is 633 g/mol. The van der Waals surface area contributed by atoms with E-state index in [1.54, 1.807) is 0 Å². The van der Waals surface area contributed by atoms with Crippen LogP contribution in [0.1, 0.15) is 0 Å². The normalized spacial score (nSPS) is 11.8. The Hall–Kier alpha value is -6.97. The number of nitrogens with zero attached hydrogens (tertiary/aromatic N) is 2. The van der Waals surface area contributed by atoms with Crippen molar-refractivity contribution in [2.24, 2.45) is 0 Å². The summed E-state index contributed by atoms with van der Waals surface area (Å²) in [6, 6.07) is 64.7. The highest BCUT2D eigenvalue weighted by atomic mass is 16.3. The lowest BCUT2D eigenvalue weighted by Gasteiger charge is -2.10. The lowest BCUT2D eigenvalue weighted by Crippen LogP contribution is -1.93. The highest BCUT2D eigenvalue weighted by Gasteiger charge is 2.21. The van der Waals surface area contributed by atoms with Gasteiger partial charge in [0.2, 0.25) is 0 Å². The largest absolute Gasteiger partial charge is 0.455 e. The highest BCUT2D eigenvalue weighted by molar-refractivity contribution is 6.25. The van der Waals surface area contributed by atoms with Gasteiger partial charge in [-0.3, -0.25) is 0 Å². The van der Waals surface area contributed by atoms with Crippen LogP contribution in [0.2, 0.25) is 0 Å². The molecule has 3 heteroatoms. The first kappa shape index (κ1) is 28.8. The molecule has 0 aliphatic heterocycles. The van der Waals surface area contributed by atoms with Gasteiger partial charge in [-0.2, -0.15) is 0 Å². The molecule has 52 heavy (non-hydrogen) atoms. The summed E-state index contributed by atoms with van der Waals surface area (Å²) in [6.45, 7) is 0. The minimum Gasteiger partial charge on any atom is -0.455 e. The number of furan rings is 1. The molecule has 0 saturated carbocycles. The van der Waals surface area contributed by atoms with Crippen LogP contribution in [0.15, 0.2) is 186 Å². The predicted octanol–water partition coefficient (Wildman–Crippen LogP) is 13.4. The summed E-state index contributed by atoms with van der Waals surface area (Å²) >= 11 is 0. The number of rotatable bonds is 4. The molecule has 0 bridgehead atoms. The molecule has 0 radical (unpaired) electrons. The van der Waals surface area contributed by atoms with Crippen LogP contribution in [-0.4, -0.2) is 9.55 Å². The Bertz CT molecular complexity index is 3110. The minimum atomic E-state index is 0.844. The Labute approximate surface area is 299 Å². The SMILES string of the molecule is c1ccc(-c2cc(-c3ccccc3)nc(-c3cccc4c3oc3c4ccc4c3c3ccccc3n4-c3ccc4c(ccc5ccccc54)c3)c2)cc1. The number of hydrogen-bond acceptors (Lipinski definition) is 2. The first-order valence-electron chi connectivity index (χ1n) is 17.7. The van der Waals surface area contributed by atoms with E-state index in [2.05, 4.69) is 180 Å². The predicted molar refractivity (Wildman–Crippen MR) is 217 cm³/mol. The maximum Gasteiger partial charge on any atom is 0.145 e. The van der Waals surface area contributed by atoms with Crippen LogP contribution in [0.5, 0.6) is 0 Å². The highest BCUT2D eigenvalue weighted by Crippen LogP contribution is 2.43.